The predicted molar refractivity (Wildman–Crippen MR) is 127 cm³/mol. The lowest BCUT2D eigenvalue weighted by atomic mass is 9.63. The quantitative estimate of drug-likeness (QED) is 0.557. The van der Waals surface area contributed by atoms with E-state index in [2.05, 4.69) is 23.6 Å². The van der Waals surface area contributed by atoms with Gasteiger partial charge in [0.2, 0.25) is 0 Å². The van der Waals surface area contributed by atoms with Crippen LogP contribution in [0.15, 0.2) is 57.3 Å². The molecule has 0 aromatic heterocycles. The predicted octanol–water partition coefficient (Wildman–Crippen LogP) is 5.51. The number of benzene rings is 2. The molecule has 0 fully saturated rings. The van der Waals surface area contributed by atoms with E-state index in [1.54, 1.807) is 12.1 Å². The van der Waals surface area contributed by atoms with Gasteiger partial charge in [0.05, 0.1) is 11.1 Å². The van der Waals surface area contributed by atoms with E-state index in [1.165, 1.54) is 12.1 Å². The number of ketones is 1. The van der Waals surface area contributed by atoms with Crippen LogP contribution in [0, 0.1) is 0 Å². The molecule has 1 heterocycles. The first-order chi connectivity index (χ1) is 15.7. The van der Waals surface area contributed by atoms with Crippen LogP contribution in [0.3, 0.4) is 0 Å². The van der Waals surface area contributed by atoms with Crippen LogP contribution in [0.5, 0.6) is 5.75 Å². The average Bonchev–Trinajstić information content (AvgIpc) is 2.79. The highest BCUT2D eigenvalue weighted by molar-refractivity contribution is 7.90. The molecular formula is C25H27N2O5S. The van der Waals surface area contributed by atoms with Gasteiger partial charge in [0.1, 0.15) is 16.2 Å². The molecule has 0 spiro atoms. The van der Waals surface area contributed by atoms with Crippen LogP contribution in [0.4, 0.5) is 5.69 Å². The van der Waals surface area contributed by atoms with Crippen LogP contribution >= 0.6 is 0 Å². The van der Waals surface area contributed by atoms with Gasteiger partial charge in [-0.05, 0) is 30.5 Å². The highest BCUT2D eigenvalue weighted by Crippen LogP contribution is 2.47. The lowest BCUT2D eigenvalue weighted by molar-refractivity contribution is -0.121. The molecule has 1 radical (unpaired) electrons. The summed E-state index contributed by atoms with van der Waals surface area (Å²) in [6, 6.07) is 10.9. The molecule has 7 nitrogen and oxygen atoms in total. The molecule has 0 unspecified atom stereocenters. The number of hydrogen-bond acceptors (Lipinski definition) is 5. The molecule has 33 heavy (non-hydrogen) atoms. The number of nitrogens with one attached hydrogen (secondary N) is 1. The number of carbonyl (C=O) groups excluding carboxylic acids is 1. The normalized spacial score (nSPS) is 18.2. The Hall–Kier alpha value is -3.13. The topological polar surface area (TPSA) is 116 Å². The van der Waals surface area contributed by atoms with Crippen molar-refractivity contribution in [2.45, 2.75) is 62.7 Å². The number of aliphatic hydroxyl groups is 1. The van der Waals surface area contributed by atoms with Crippen LogP contribution < -0.4 is 5.32 Å². The summed E-state index contributed by atoms with van der Waals surface area (Å²) in [4.78, 5) is 13.9. The number of rotatable bonds is 7. The smallest absolute Gasteiger partial charge is 0.286 e. The lowest BCUT2D eigenvalue weighted by Crippen LogP contribution is -2.44. The Morgan fingerprint density at radius 1 is 1.03 bits per heavy atom. The fourth-order valence-electron chi connectivity index (χ4n) is 4.76. The molecule has 8 heteroatoms. The summed E-state index contributed by atoms with van der Waals surface area (Å²) < 4.78 is 29.5. The number of aliphatic hydroxyl groups excluding tert-OH is 1. The van der Waals surface area contributed by atoms with Crippen molar-refractivity contribution in [1.29, 1.82) is 0 Å². The minimum absolute atomic E-state index is 0.124. The van der Waals surface area contributed by atoms with Crippen molar-refractivity contribution in [3.05, 3.63) is 59.2 Å². The van der Waals surface area contributed by atoms with Gasteiger partial charge in [-0.2, -0.15) is 8.42 Å². The lowest BCUT2D eigenvalue weighted by Gasteiger charge is -2.39. The van der Waals surface area contributed by atoms with Crippen molar-refractivity contribution in [3.63, 3.8) is 0 Å². The molecule has 0 atom stereocenters. The molecule has 173 valence electrons. The Bertz CT molecular complexity index is 1270. The summed E-state index contributed by atoms with van der Waals surface area (Å²) in [5.74, 6) is -1.29. The van der Waals surface area contributed by atoms with Gasteiger partial charge >= 0.3 is 0 Å². The molecule has 2 aromatic carbocycles. The molecule has 1 aliphatic carbocycles. The Balaban J connectivity index is 1.93. The van der Waals surface area contributed by atoms with Crippen molar-refractivity contribution >= 4 is 33.1 Å². The number of amidine groups is 1. The highest BCUT2D eigenvalue weighted by atomic mass is 32.2. The summed E-state index contributed by atoms with van der Waals surface area (Å²) in [7, 11) is -4.23. The standard InChI is InChI=1S/C25H27N2O5S/c1-3-5-13-25(14-6-4-2)18-10-8-7-9-17(18)22(29)21(23(25)30)24-26-19-12-11-16(28)15-20(19)33(31,32)27-24/h7-12,15,29H,3-6,13-14H2,1-2H3,(H,26,27). The average molecular weight is 468 g/mol. The Labute approximate surface area is 193 Å². The highest BCUT2D eigenvalue weighted by Gasteiger charge is 2.48. The number of sulfonamides is 1. The summed E-state index contributed by atoms with van der Waals surface area (Å²) in [6.45, 7) is 4.11. The Kier molecular flexibility index (Phi) is 6.05. The van der Waals surface area contributed by atoms with Crippen molar-refractivity contribution in [1.82, 2.24) is 0 Å². The van der Waals surface area contributed by atoms with Crippen LogP contribution in [0.25, 0.3) is 5.76 Å². The monoisotopic (exact) mass is 467 g/mol. The second-order valence-corrected chi connectivity index (χ2v) is 10.2. The second kappa shape index (κ2) is 8.67. The van der Waals surface area contributed by atoms with E-state index in [4.69, 9.17) is 0 Å². The van der Waals surface area contributed by atoms with Gasteiger partial charge in [0.25, 0.3) is 10.0 Å². The van der Waals surface area contributed by atoms with Gasteiger partial charge in [-0.1, -0.05) is 63.8 Å². The molecule has 1 aliphatic heterocycles. The van der Waals surface area contributed by atoms with Gasteiger partial charge in [0.15, 0.2) is 17.4 Å². The molecular weight excluding hydrogens is 440 g/mol. The summed E-state index contributed by atoms with van der Waals surface area (Å²) >= 11 is 0. The van der Waals surface area contributed by atoms with Gasteiger partial charge in [-0.15, -0.1) is 4.40 Å². The van der Waals surface area contributed by atoms with Gasteiger partial charge in [-0.25, -0.2) is 0 Å². The molecule has 2 aliphatic rings. The molecule has 2 aromatic rings. The molecule has 0 saturated carbocycles. The first-order valence-electron chi connectivity index (χ1n) is 11.3. The van der Waals surface area contributed by atoms with Crippen LogP contribution in [0.2, 0.25) is 0 Å². The van der Waals surface area contributed by atoms with Crippen molar-refractivity contribution in [2.24, 2.45) is 4.40 Å². The summed E-state index contributed by atoms with van der Waals surface area (Å²) in [6.07, 6.45) is 4.59. The molecule has 2 N–H and O–H groups in total. The van der Waals surface area contributed by atoms with Crippen molar-refractivity contribution < 1.29 is 23.4 Å². The molecule has 0 bridgehead atoms. The van der Waals surface area contributed by atoms with E-state index in [9.17, 15) is 23.4 Å². The fraction of sp³-hybridized carbons (Fsp3) is 0.360. The molecule has 0 amide bonds. The van der Waals surface area contributed by atoms with Crippen LogP contribution in [-0.4, -0.2) is 25.1 Å². The largest absolute Gasteiger partial charge is 0.506 e. The third-order valence-corrected chi connectivity index (χ3v) is 7.76. The third kappa shape index (κ3) is 3.82. The van der Waals surface area contributed by atoms with Gasteiger partial charge in [-0.3, -0.25) is 9.90 Å². The van der Waals surface area contributed by atoms with E-state index in [0.717, 1.165) is 37.3 Å². The maximum atomic E-state index is 14.1. The van der Waals surface area contributed by atoms with Gasteiger partial charge in [0, 0.05) is 11.6 Å². The minimum atomic E-state index is -4.23. The maximum absolute atomic E-state index is 14.1. The second-order valence-electron chi connectivity index (χ2n) is 8.59. The molecule has 0 saturated heterocycles. The van der Waals surface area contributed by atoms with E-state index < -0.39 is 21.2 Å². The van der Waals surface area contributed by atoms with E-state index in [0.29, 0.717) is 18.4 Å². The fourth-order valence-corrected chi connectivity index (χ4v) is 5.89. The number of fused-ring (bicyclic) bond motifs is 2. The number of unbranched alkanes of at least 4 members (excludes halogenated alkanes) is 2. The number of Topliss-reactive ketones (excluding diaryl/α,β-unsaturated/α-hetero) is 1. The number of nitrogens with zero attached hydrogens (tertiary/aromatic N) is 1. The van der Waals surface area contributed by atoms with Crippen LogP contribution in [-0.2, 0) is 25.3 Å². The third-order valence-electron chi connectivity index (χ3n) is 6.44. The number of anilines is 1. The van der Waals surface area contributed by atoms with Gasteiger partial charge < -0.3 is 10.4 Å². The zero-order chi connectivity index (χ0) is 23.8. The first-order valence-corrected chi connectivity index (χ1v) is 12.7. The van der Waals surface area contributed by atoms with Crippen LogP contribution in [0.1, 0.15) is 63.5 Å². The maximum Gasteiger partial charge on any atom is 0.286 e. The van der Waals surface area contributed by atoms with E-state index >= 15 is 0 Å². The molecule has 4 rings (SSSR count). The first kappa shape index (κ1) is 23.0. The van der Waals surface area contributed by atoms with Crippen molar-refractivity contribution in [3.8, 4) is 5.75 Å². The SMILES string of the molecule is CCCCC1(CCCC)C(=O)C(C2=NS(=O)(=O)c3cc([O])ccc3N2)=C(O)c2ccccc21. The number of hydrogen-bond donors (Lipinski definition) is 2. The zero-order valence-corrected chi connectivity index (χ0v) is 19.5. The zero-order valence-electron chi connectivity index (χ0n) is 18.7. The summed E-state index contributed by atoms with van der Waals surface area (Å²) in [5, 5.41) is 25.8. The number of carbonyl (C=O) groups is 1. The summed E-state index contributed by atoms with van der Waals surface area (Å²) in [5.41, 5.74) is 0.438. The van der Waals surface area contributed by atoms with E-state index in [1.807, 2.05) is 12.1 Å². The Morgan fingerprint density at radius 3 is 2.36 bits per heavy atom. The van der Waals surface area contributed by atoms with Crippen molar-refractivity contribution in [2.75, 3.05) is 5.32 Å². The minimum Gasteiger partial charge on any atom is -0.506 e. The Morgan fingerprint density at radius 2 is 1.70 bits per heavy atom. The van der Waals surface area contributed by atoms with E-state index in [-0.39, 0.29) is 33.5 Å².